The number of ether oxygens (including phenoxy) is 1. The van der Waals surface area contributed by atoms with E-state index < -0.39 is 0 Å². The third-order valence-electron chi connectivity index (χ3n) is 3.51. The van der Waals surface area contributed by atoms with E-state index in [9.17, 15) is 4.79 Å². The van der Waals surface area contributed by atoms with Crippen molar-refractivity contribution in [3.63, 3.8) is 0 Å². The van der Waals surface area contributed by atoms with Gasteiger partial charge < -0.3 is 10.5 Å². The normalized spacial score (nSPS) is 20.0. The quantitative estimate of drug-likeness (QED) is 0.774. The Balaban J connectivity index is 1.73. The van der Waals surface area contributed by atoms with Crippen LogP contribution in [0.1, 0.15) is 10.7 Å². The summed E-state index contributed by atoms with van der Waals surface area (Å²) in [6.45, 7) is 6.64. The second-order valence-corrected chi connectivity index (χ2v) is 6.63. The van der Waals surface area contributed by atoms with Gasteiger partial charge in [-0.2, -0.15) is 0 Å². The van der Waals surface area contributed by atoms with Gasteiger partial charge in [0.05, 0.1) is 30.0 Å². The van der Waals surface area contributed by atoms with Crippen LogP contribution < -0.4 is 5.73 Å². The maximum atomic E-state index is 10.9. The van der Waals surface area contributed by atoms with E-state index in [1.54, 1.807) is 11.3 Å². The molecule has 21 heavy (non-hydrogen) atoms. The van der Waals surface area contributed by atoms with Crippen LogP contribution in [0.25, 0.3) is 0 Å². The standard InChI is InChI=1S/C14H24N4O2S/c1-11-16-12(10-21-11)3-4-18-5-6-20-13(8-18)7-17(2)9-14(15)19/h10,13H,3-9H2,1-2H3,(H2,15,19)/t13-/m0/s1. The van der Waals surface area contributed by atoms with E-state index in [0.29, 0.717) is 0 Å². The number of carbonyl (C=O) groups is 1. The number of carbonyl (C=O) groups excluding carboxylic acids is 1. The van der Waals surface area contributed by atoms with Crippen molar-refractivity contribution in [1.29, 1.82) is 0 Å². The first-order chi connectivity index (χ1) is 10.0. The highest BCUT2D eigenvalue weighted by molar-refractivity contribution is 7.09. The smallest absolute Gasteiger partial charge is 0.231 e. The number of nitrogens with two attached hydrogens (primary N) is 1. The number of likely N-dealkylation sites (N-methyl/N-ethyl adjacent to an activating group) is 1. The number of primary amides is 1. The number of rotatable bonds is 7. The van der Waals surface area contributed by atoms with E-state index in [-0.39, 0.29) is 18.6 Å². The first kappa shape index (κ1) is 16.4. The molecular formula is C14H24N4O2S. The van der Waals surface area contributed by atoms with Crippen molar-refractivity contribution >= 4 is 17.2 Å². The third kappa shape index (κ3) is 5.70. The molecule has 1 aliphatic heterocycles. The second kappa shape index (κ2) is 7.84. The predicted octanol–water partition coefficient (Wildman–Crippen LogP) is 0.112. The van der Waals surface area contributed by atoms with Crippen molar-refractivity contribution < 1.29 is 9.53 Å². The molecule has 1 aromatic rings. The Bertz CT molecular complexity index is 466. The Kier molecular flexibility index (Phi) is 6.10. The fourth-order valence-corrected chi connectivity index (χ4v) is 3.22. The molecule has 6 nitrogen and oxygen atoms in total. The Hall–Kier alpha value is -1.02. The number of hydrogen-bond donors (Lipinski definition) is 1. The second-order valence-electron chi connectivity index (χ2n) is 5.56. The van der Waals surface area contributed by atoms with Crippen molar-refractivity contribution in [1.82, 2.24) is 14.8 Å². The van der Waals surface area contributed by atoms with Gasteiger partial charge >= 0.3 is 0 Å². The van der Waals surface area contributed by atoms with Crippen LogP contribution in [-0.2, 0) is 16.0 Å². The highest BCUT2D eigenvalue weighted by Crippen LogP contribution is 2.11. The summed E-state index contributed by atoms with van der Waals surface area (Å²) in [6, 6.07) is 0. The molecule has 2 rings (SSSR count). The predicted molar refractivity (Wildman–Crippen MR) is 83.4 cm³/mol. The van der Waals surface area contributed by atoms with Crippen molar-refractivity contribution in [2.24, 2.45) is 5.73 Å². The molecule has 1 aromatic heterocycles. The minimum absolute atomic E-state index is 0.139. The number of aromatic nitrogens is 1. The van der Waals surface area contributed by atoms with Gasteiger partial charge in [0.25, 0.3) is 0 Å². The molecule has 2 heterocycles. The lowest BCUT2D eigenvalue weighted by Crippen LogP contribution is -2.48. The molecular weight excluding hydrogens is 288 g/mol. The van der Waals surface area contributed by atoms with E-state index in [1.807, 2.05) is 18.9 Å². The minimum Gasteiger partial charge on any atom is -0.374 e. The molecule has 2 N–H and O–H groups in total. The summed E-state index contributed by atoms with van der Waals surface area (Å²) in [4.78, 5) is 19.7. The number of amides is 1. The van der Waals surface area contributed by atoms with Crippen molar-refractivity contribution in [3.05, 3.63) is 16.1 Å². The lowest BCUT2D eigenvalue weighted by molar-refractivity contribution is -0.119. The lowest BCUT2D eigenvalue weighted by Gasteiger charge is -2.34. The summed E-state index contributed by atoms with van der Waals surface area (Å²) in [7, 11) is 1.89. The van der Waals surface area contributed by atoms with Crippen LogP contribution in [0.4, 0.5) is 0 Å². The Morgan fingerprint density at radius 2 is 2.48 bits per heavy atom. The zero-order valence-electron chi connectivity index (χ0n) is 12.7. The maximum Gasteiger partial charge on any atom is 0.231 e. The summed E-state index contributed by atoms with van der Waals surface area (Å²) in [5.41, 5.74) is 6.37. The SMILES string of the molecule is Cc1nc(CCN2CCO[C@@H](CN(C)CC(N)=O)C2)cs1. The molecule has 0 saturated carbocycles. The molecule has 118 valence electrons. The number of aryl methyl sites for hydroxylation is 1. The molecule has 0 aliphatic carbocycles. The summed E-state index contributed by atoms with van der Waals surface area (Å²) >= 11 is 1.70. The van der Waals surface area contributed by atoms with Gasteiger partial charge in [-0.25, -0.2) is 4.98 Å². The van der Waals surface area contributed by atoms with E-state index >= 15 is 0 Å². The zero-order valence-corrected chi connectivity index (χ0v) is 13.6. The molecule has 1 fully saturated rings. The third-order valence-corrected chi connectivity index (χ3v) is 4.34. The van der Waals surface area contributed by atoms with Crippen LogP contribution >= 0.6 is 11.3 Å². The van der Waals surface area contributed by atoms with Gasteiger partial charge in [-0.15, -0.1) is 11.3 Å². The zero-order chi connectivity index (χ0) is 15.2. The van der Waals surface area contributed by atoms with E-state index in [0.717, 1.165) is 44.2 Å². The molecule has 1 saturated heterocycles. The fourth-order valence-electron chi connectivity index (χ4n) is 2.57. The summed E-state index contributed by atoms with van der Waals surface area (Å²) < 4.78 is 5.77. The molecule has 0 radical (unpaired) electrons. The molecule has 7 heteroatoms. The average Bonchev–Trinajstić information content (AvgIpc) is 2.81. The summed E-state index contributed by atoms with van der Waals surface area (Å²) in [5.74, 6) is -0.302. The maximum absolute atomic E-state index is 10.9. The Morgan fingerprint density at radius 1 is 1.67 bits per heavy atom. The molecule has 0 bridgehead atoms. The first-order valence-corrected chi connectivity index (χ1v) is 8.12. The average molecular weight is 312 g/mol. The topological polar surface area (TPSA) is 71.7 Å². The van der Waals surface area contributed by atoms with Gasteiger partial charge in [0.15, 0.2) is 0 Å². The van der Waals surface area contributed by atoms with Crippen molar-refractivity contribution in [2.75, 3.05) is 46.4 Å². The number of morpholine rings is 1. The molecule has 1 aliphatic rings. The molecule has 1 amide bonds. The van der Waals surface area contributed by atoms with Crippen LogP contribution in [0.5, 0.6) is 0 Å². The van der Waals surface area contributed by atoms with Crippen molar-refractivity contribution in [2.45, 2.75) is 19.4 Å². The van der Waals surface area contributed by atoms with Crippen LogP contribution in [0.2, 0.25) is 0 Å². The lowest BCUT2D eigenvalue weighted by atomic mass is 10.2. The van der Waals surface area contributed by atoms with Gasteiger partial charge in [-0.3, -0.25) is 14.6 Å². The highest BCUT2D eigenvalue weighted by Gasteiger charge is 2.22. The van der Waals surface area contributed by atoms with Gasteiger partial charge in [0.2, 0.25) is 5.91 Å². The van der Waals surface area contributed by atoms with E-state index in [2.05, 4.69) is 15.3 Å². The van der Waals surface area contributed by atoms with Crippen LogP contribution in [0, 0.1) is 6.92 Å². The molecule has 0 spiro atoms. The summed E-state index contributed by atoms with van der Waals surface area (Å²) in [6.07, 6.45) is 1.12. The number of hydrogen-bond acceptors (Lipinski definition) is 6. The van der Waals surface area contributed by atoms with Crippen molar-refractivity contribution in [3.8, 4) is 0 Å². The number of nitrogens with zero attached hydrogens (tertiary/aromatic N) is 3. The molecule has 1 atom stereocenters. The van der Waals surface area contributed by atoms with Gasteiger partial charge in [0, 0.05) is 38.0 Å². The van der Waals surface area contributed by atoms with Gasteiger partial charge in [-0.05, 0) is 14.0 Å². The Labute approximate surface area is 129 Å². The fraction of sp³-hybridized carbons (Fsp3) is 0.714. The Morgan fingerprint density at radius 3 is 3.14 bits per heavy atom. The number of thiazole rings is 1. The van der Waals surface area contributed by atoms with E-state index in [4.69, 9.17) is 10.5 Å². The van der Waals surface area contributed by atoms with E-state index in [1.165, 1.54) is 5.69 Å². The molecule has 0 unspecified atom stereocenters. The summed E-state index contributed by atoms with van der Waals surface area (Å²) in [5, 5.41) is 3.26. The minimum atomic E-state index is -0.302. The first-order valence-electron chi connectivity index (χ1n) is 7.24. The van der Waals surface area contributed by atoms with Gasteiger partial charge in [0.1, 0.15) is 0 Å². The molecule has 0 aromatic carbocycles. The van der Waals surface area contributed by atoms with Crippen LogP contribution in [0.3, 0.4) is 0 Å². The van der Waals surface area contributed by atoms with Gasteiger partial charge in [-0.1, -0.05) is 0 Å². The monoisotopic (exact) mass is 312 g/mol. The van der Waals surface area contributed by atoms with Crippen LogP contribution in [-0.4, -0.2) is 73.2 Å². The highest BCUT2D eigenvalue weighted by atomic mass is 32.1. The largest absolute Gasteiger partial charge is 0.374 e. The van der Waals surface area contributed by atoms with Crippen LogP contribution in [0.15, 0.2) is 5.38 Å².